The molecule has 2 aromatic carbocycles. The van der Waals surface area contributed by atoms with E-state index < -0.39 is 0 Å². The maximum absolute atomic E-state index is 3.58. The monoisotopic (exact) mass is 265 g/mol. The van der Waals surface area contributed by atoms with E-state index in [0.29, 0.717) is 5.92 Å². The summed E-state index contributed by atoms with van der Waals surface area (Å²) in [6, 6.07) is 13.3. The van der Waals surface area contributed by atoms with Gasteiger partial charge >= 0.3 is 0 Å². The molecular formula is C19H23N. The average Bonchev–Trinajstić information content (AvgIpc) is 2.42. The van der Waals surface area contributed by atoms with Crippen LogP contribution in [0.5, 0.6) is 0 Å². The molecular weight excluding hydrogens is 242 g/mol. The van der Waals surface area contributed by atoms with Crippen LogP contribution in [-0.2, 0) is 12.8 Å². The Bertz CT molecular complexity index is 604. The summed E-state index contributed by atoms with van der Waals surface area (Å²) in [4.78, 5) is 0. The summed E-state index contributed by atoms with van der Waals surface area (Å²) in [5.74, 6) is 0.699. The van der Waals surface area contributed by atoms with Crippen LogP contribution in [0.25, 0.3) is 0 Å². The summed E-state index contributed by atoms with van der Waals surface area (Å²) >= 11 is 0. The highest BCUT2D eigenvalue weighted by Crippen LogP contribution is 2.28. The minimum atomic E-state index is 0.699. The van der Waals surface area contributed by atoms with Crippen LogP contribution in [0.15, 0.2) is 36.4 Å². The number of benzene rings is 2. The molecule has 0 amide bonds. The molecule has 0 radical (unpaired) electrons. The summed E-state index contributed by atoms with van der Waals surface area (Å²) in [6.45, 7) is 7.77. The largest absolute Gasteiger partial charge is 0.385 e. The van der Waals surface area contributed by atoms with Gasteiger partial charge in [-0.2, -0.15) is 0 Å². The Morgan fingerprint density at radius 2 is 1.75 bits per heavy atom. The Morgan fingerprint density at radius 1 is 1.05 bits per heavy atom. The van der Waals surface area contributed by atoms with E-state index in [0.717, 1.165) is 6.54 Å². The Labute approximate surface area is 122 Å². The van der Waals surface area contributed by atoms with Crippen LogP contribution in [0, 0.1) is 26.7 Å². The standard InChI is InChI=1S/C19H23N/c1-13-8-14(2)18(15(3)9-13)11-16-10-17-6-4-5-7-19(17)20-12-16/h4-9,16,20H,10-12H2,1-3H3. The highest BCUT2D eigenvalue weighted by atomic mass is 14.9. The SMILES string of the molecule is Cc1cc(C)c(CC2CNc3ccccc3C2)c(C)c1. The van der Waals surface area contributed by atoms with Gasteiger partial charge in [0, 0.05) is 12.2 Å². The second-order valence-electron chi connectivity index (χ2n) is 6.19. The molecule has 0 fully saturated rings. The number of hydrogen-bond donors (Lipinski definition) is 1. The van der Waals surface area contributed by atoms with Crippen molar-refractivity contribution >= 4 is 5.69 Å². The quantitative estimate of drug-likeness (QED) is 0.846. The minimum Gasteiger partial charge on any atom is -0.385 e. The minimum absolute atomic E-state index is 0.699. The predicted molar refractivity (Wildman–Crippen MR) is 86.5 cm³/mol. The molecule has 1 aliphatic rings. The molecule has 1 nitrogen and oxygen atoms in total. The lowest BCUT2D eigenvalue weighted by Crippen LogP contribution is -2.25. The molecule has 3 rings (SSSR count). The molecule has 0 aliphatic carbocycles. The van der Waals surface area contributed by atoms with Crippen LogP contribution < -0.4 is 5.32 Å². The van der Waals surface area contributed by atoms with E-state index in [1.54, 1.807) is 5.56 Å². The fraction of sp³-hybridized carbons (Fsp3) is 0.368. The third-order valence-corrected chi connectivity index (χ3v) is 4.44. The zero-order valence-corrected chi connectivity index (χ0v) is 12.7. The van der Waals surface area contributed by atoms with Gasteiger partial charge in [0.05, 0.1) is 0 Å². The first-order valence-corrected chi connectivity index (χ1v) is 7.52. The zero-order valence-electron chi connectivity index (χ0n) is 12.7. The summed E-state index contributed by atoms with van der Waals surface area (Å²) in [7, 11) is 0. The molecule has 0 bridgehead atoms. The fourth-order valence-electron chi connectivity index (χ4n) is 3.47. The van der Waals surface area contributed by atoms with E-state index in [2.05, 4.69) is 62.5 Å². The van der Waals surface area contributed by atoms with Gasteiger partial charge < -0.3 is 5.32 Å². The van der Waals surface area contributed by atoms with Gasteiger partial charge in [0.2, 0.25) is 0 Å². The van der Waals surface area contributed by atoms with Crippen molar-refractivity contribution in [2.45, 2.75) is 33.6 Å². The van der Waals surface area contributed by atoms with Crippen molar-refractivity contribution in [3.05, 3.63) is 64.2 Å². The third-order valence-electron chi connectivity index (χ3n) is 4.44. The zero-order chi connectivity index (χ0) is 14.1. The van der Waals surface area contributed by atoms with Gasteiger partial charge in [-0.25, -0.2) is 0 Å². The topological polar surface area (TPSA) is 12.0 Å². The van der Waals surface area contributed by atoms with E-state index >= 15 is 0 Å². The lowest BCUT2D eigenvalue weighted by Gasteiger charge is -2.27. The second kappa shape index (κ2) is 5.32. The highest BCUT2D eigenvalue weighted by molar-refractivity contribution is 5.53. The van der Waals surface area contributed by atoms with Crippen molar-refractivity contribution in [3.63, 3.8) is 0 Å². The first-order valence-electron chi connectivity index (χ1n) is 7.52. The van der Waals surface area contributed by atoms with E-state index in [-0.39, 0.29) is 0 Å². The van der Waals surface area contributed by atoms with E-state index in [1.807, 2.05) is 0 Å². The maximum atomic E-state index is 3.58. The Hall–Kier alpha value is -1.76. The van der Waals surface area contributed by atoms with Gasteiger partial charge in [0.15, 0.2) is 0 Å². The molecule has 1 atom stereocenters. The van der Waals surface area contributed by atoms with Crippen LogP contribution in [0.2, 0.25) is 0 Å². The van der Waals surface area contributed by atoms with Crippen molar-refractivity contribution < 1.29 is 0 Å². The Balaban J connectivity index is 1.80. The number of nitrogens with one attached hydrogen (secondary N) is 1. The molecule has 104 valence electrons. The van der Waals surface area contributed by atoms with Crippen LogP contribution >= 0.6 is 0 Å². The molecule has 20 heavy (non-hydrogen) atoms. The Morgan fingerprint density at radius 3 is 2.50 bits per heavy atom. The maximum Gasteiger partial charge on any atom is 0.0372 e. The van der Waals surface area contributed by atoms with Gasteiger partial charge in [0.25, 0.3) is 0 Å². The summed E-state index contributed by atoms with van der Waals surface area (Å²) < 4.78 is 0. The summed E-state index contributed by atoms with van der Waals surface area (Å²) in [5, 5.41) is 3.58. The number of aryl methyl sites for hydroxylation is 3. The van der Waals surface area contributed by atoms with Crippen LogP contribution in [0.1, 0.15) is 27.8 Å². The van der Waals surface area contributed by atoms with Crippen molar-refractivity contribution in [2.24, 2.45) is 5.92 Å². The number of para-hydroxylation sites is 1. The lowest BCUT2D eigenvalue weighted by molar-refractivity contribution is 0.533. The molecule has 0 aromatic heterocycles. The summed E-state index contributed by atoms with van der Waals surface area (Å²) in [5.41, 5.74) is 8.59. The van der Waals surface area contributed by atoms with Gasteiger partial charge in [-0.3, -0.25) is 0 Å². The van der Waals surface area contributed by atoms with E-state index in [9.17, 15) is 0 Å². The van der Waals surface area contributed by atoms with Gasteiger partial charge in [-0.15, -0.1) is 0 Å². The average molecular weight is 265 g/mol. The normalized spacial score (nSPS) is 17.4. The fourth-order valence-corrected chi connectivity index (χ4v) is 3.47. The van der Waals surface area contributed by atoms with Crippen LogP contribution in [0.4, 0.5) is 5.69 Å². The number of fused-ring (bicyclic) bond motifs is 1. The molecule has 0 saturated heterocycles. The molecule has 2 aromatic rings. The lowest BCUT2D eigenvalue weighted by atomic mass is 9.85. The molecule has 0 spiro atoms. The van der Waals surface area contributed by atoms with E-state index in [1.165, 1.54) is 40.8 Å². The first kappa shape index (κ1) is 13.2. The van der Waals surface area contributed by atoms with Crippen molar-refractivity contribution in [2.75, 3.05) is 11.9 Å². The number of rotatable bonds is 2. The molecule has 1 heterocycles. The highest BCUT2D eigenvalue weighted by Gasteiger charge is 2.19. The molecule has 1 heteroatoms. The van der Waals surface area contributed by atoms with Crippen molar-refractivity contribution in [3.8, 4) is 0 Å². The van der Waals surface area contributed by atoms with Crippen molar-refractivity contribution in [1.29, 1.82) is 0 Å². The molecule has 1 N–H and O–H groups in total. The van der Waals surface area contributed by atoms with Gasteiger partial charge in [-0.1, -0.05) is 35.9 Å². The molecule has 1 aliphatic heterocycles. The second-order valence-corrected chi connectivity index (χ2v) is 6.19. The molecule has 1 unspecified atom stereocenters. The van der Waals surface area contributed by atoms with Crippen LogP contribution in [-0.4, -0.2) is 6.54 Å². The van der Waals surface area contributed by atoms with Gasteiger partial charge in [-0.05, 0) is 67.9 Å². The number of hydrogen-bond acceptors (Lipinski definition) is 1. The van der Waals surface area contributed by atoms with Crippen molar-refractivity contribution in [1.82, 2.24) is 0 Å². The van der Waals surface area contributed by atoms with E-state index in [4.69, 9.17) is 0 Å². The first-order chi connectivity index (χ1) is 9.63. The Kier molecular flexibility index (Phi) is 3.52. The van der Waals surface area contributed by atoms with Gasteiger partial charge in [0.1, 0.15) is 0 Å². The predicted octanol–water partition coefficient (Wildman–Crippen LogP) is 4.44. The van der Waals surface area contributed by atoms with Crippen LogP contribution in [0.3, 0.4) is 0 Å². The molecule has 0 saturated carbocycles. The smallest absolute Gasteiger partial charge is 0.0372 e. The third kappa shape index (κ3) is 2.58. The summed E-state index contributed by atoms with van der Waals surface area (Å²) in [6.07, 6.45) is 2.37. The number of anilines is 1.